The van der Waals surface area contributed by atoms with Gasteiger partial charge in [0.2, 0.25) is 11.6 Å². The summed E-state index contributed by atoms with van der Waals surface area (Å²) in [6.07, 6.45) is 2.72. The molecule has 1 aromatic carbocycles. The molecular formula is C14H13FN4O2. The quantitative estimate of drug-likeness (QED) is 0.834. The van der Waals surface area contributed by atoms with Crippen molar-refractivity contribution in [3.05, 3.63) is 37.1 Å². The minimum absolute atomic E-state index is 0.261. The highest BCUT2D eigenvalue weighted by atomic mass is 19.1. The van der Waals surface area contributed by atoms with Crippen LogP contribution in [-0.2, 0) is 9.59 Å². The van der Waals surface area contributed by atoms with Crippen LogP contribution in [0.4, 0.5) is 10.1 Å². The summed E-state index contributed by atoms with van der Waals surface area (Å²) in [4.78, 5) is 24.6. The lowest BCUT2D eigenvalue weighted by Gasteiger charge is -2.42. The summed E-state index contributed by atoms with van der Waals surface area (Å²) in [6.45, 7) is 2.80. The molecule has 2 amide bonds. The second-order valence-electron chi connectivity index (χ2n) is 4.96. The number of fused-ring (bicyclic) bond motifs is 1. The van der Waals surface area contributed by atoms with Crippen molar-refractivity contribution >= 4 is 28.4 Å². The zero-order chi connectivity index (χ0) is 15.0. The molecule has 0 atom stereocenters. The molecule has 1 aromatic heterocycles. The van der Waals surface area contributed by atoms with Gasteiger partial charge in [-0.25, -0.2) is 4.39 Å². The monoisotopic (exact) mass is 288 g/mol. The van der Waals surface area contributed by atoms with Crippen LogP contribution in [0.3, 0.4) is 0 Å². The molecular weight excluding hydrogens is 275 g/mol. The number of carbonyl (C=O) groups is 2. The van der Waals surface area contributed by atoms with Gasteiger partial charge < -0.3 is 10.2 Å². The third-order valence-electron chi connectivity index (χ3n) is 3.50. The van der Waals surface area contributed by atoms with Crippen LogP contribution < -0.4 is 5.32 Å². The van der Waals surface area contributed by atoms with Crippen molar-refractivity contribution in [1.29, 1.82) is 0 Å². The second-order valence-corrected chi connectivity index (χ2v) is 4.96. The Hall–Kier alpha value is -2.70. The maximum Gasteiger partial charge on any atom is 0.265 e. The molecule has 3 rings (SSSR count). The maximum absolute atomic E-state index is 14.4. The maximum atomic E-state index is 14.4. The number of nitrogens with one attached hydrogen (secondary N) is 2. The second kappa shape index (κ2) is 4.69. The van der Waals surface area contributed by atoms with Crippen molar-refractivity contribution in [3.63, 3.8) is 0 Å². The Labute approximate surface area is 119 Å². The summed E-state index contributed by atoms with van der Waals surface area (Å²) >= 11 is 0. The summed E-state index contributed by atoms with van der Waals surface area (Å²) in [5.74, 6) is -1.15. The molecule has 6 nitrogen and oxygen atoms in total. The molecule has 0 radical (unpaired) electrons. The normalized spacial score (nSPS) is 16.3. The van der Waals surface area contributed by atoms with Gasteiger partial charge in [-0.1, -0.05) is 18.7 Å². The zero-order valence-corrected chi connectivity index (χ0v) is 11.1. The highest BCUT2D eigenvalue weighted by Gasteiger charge is 2.51. The number of anilines is 1. The molecule has 2 N–H and O–H groups in total. The molecule has 21 heavy (non-hydrogen) atoms. The molecule has 0 aliphatic carbocycles. The number of halogens is 1. The fraction of sp³-hybridized carbons (Fsp3) is 0.214. The van der Waals surface area contributed by atoms with E-state index in [-0.39, 0.29) is 19.0 Å². The highest BCUT2D eigenvalue weighted by molar-refractivity contribution is 6.05. The average molecular weight is 288 g/mol. The number of hydrogen-bond donors (Lipinski definition) is 2. The fourth-order valence-electron chi connectivity index (χ4n) is 2.29. The predicted molar refractivity (Wildman–Crippen MR) is 75.3 cm³/mol. The molecule has 2 aromatic rings. The standard InChI is InChI=1S/C14H13FN4O2/c1-2-11(20)19-7-14(15,8-19)13(21)17-10-5-3-4-9-6-16-18-12(9)10/h2-6H,1,7-8H2,(H,16,18)(H,17,21). The Morgan fingerprint density at radius 1 is 1.48 bits per heavy atom. The molecule has 0 spiro atoms. The van der Waals surface area contributed by atoms with Gasteiger partial charge in [0.05, 0.1) is 30.5 Å². The van der Waals surface area contributed by atoms with Gasteiger partial charge in [0.1, 0.15) is 0 Å². The Kier molecular flexibility index (Phi) is 2.97. The molecule has 1 fully saturated rings. The van der Waals surface area contributed by atoms with Gasteiger partial charge in [-0.15, -0.1) is 0 Å². The number of alkyl halides is 1. The van der Waals surface area contributed by atoms with Gasteiger partial charge >= 0.3 is 0 Å². The van der Waals surface area contributed by atoms with E-state index in [2.05, 4.69) is 22.1 Å². The molecule has 2 heterocycles. The first-order valence-electron chi connectivity index (χ1n) is 6.37. The fourth-order valence-corrected chi connectivity index (χ4v) is 2.29. The Morgan fingerprint density at radius 3 is 2.95 bits per heavy atom. The minimum Gasteiger partial charge on any atom is -0.331 e. The largest absolute Gasteiger partial charge is 0.331 e. The number of hydrogen-bond acceptors (Lipinski definition) is 3. The van der Waals surface area contributed by atoms with Crippen LogP contribution in [0.2, 0.25) is 0 Å². The number of nitrogens with zero attached hydrogens (tertiary/aromatic N) is 2. The third-order valence-corrected chi connectivity index (χ3v) is 3.50. The summed E-state index contributed by atoms with van der Waals surface area (Å²) < 4.78 is 14.4. The Balaban J connectivity index is 1.74. The van der Waals surface area contributed by atoms with Crippen LogP contribution in [0.1, 0.15) is 0 Å². The Bertz CT molecular complexity index is 733. The SMILES string of the molecule is C=CC(=O)N1CC(F)(C(=O)Nc2cccc3cn[nH]c23)C1. The number of carbonyl (C=O) groups excluding carboxylic acids is 2. The molecule has 108 valence electrons. The first-order chi connectivity index (χ1) is 10.0. The van der Waals surface area contributed by atoms with Crippen LogP contribution >= 0.6 is 0 Å². The predicted octanol–water partition coefficient (Wildman–Crippen LogP) is 1.24. The lowest BCUT2D eigenvalue weighted by molar-refractivity contribution is -0.150. The molecule has 1 aliphatic rings. The van der Waals surface area contributed by atoms with E-state index in [1.54, 1.807) is 18.3 Å². The van der Waals surface area contributed by atoms with E-state index in [0.717, 1.165) is 11.5 Å². The highest BCUT2D eigenvalue weighted by Crippen LogP contribution is 2.29. The molecule has 0 saturated carbocycles. The molecule has 1 saturated heterocycles. The summed E-state index contributed by atoms with van der Waals surface area (Å²) in [6, 6.07) is 5.23. The van der Waals surface area contributed by atoms with Crippen molar-refractivity contribution in [2.75, 3.05) is 18.4 Å². The number of H-pyrrole nitrogens is 1. The number of likely N-dealkylation sites (tertiary alicyclic amines) is 1. The van der Waals surface area contributed by atoms with Gasteiger partial charge in [0.25, 0.3) is 5.91 Å². The molecule has 1 aliphatic heterocycles. The first-order valence-corrected chi connectivity index (χ1v) is 6.37. The first kappa shape index (κ1) is 13.3. The van der Waals surface area contributed by atoms with Crippen molar-refractivity contribution in [1.82, 2.24) is 15.1 Å². The van der Waals surface area contributed by atoms with Crippen molar-refractivity contribution < 1.29 is 14.0 Å². The van der Waals surface area contributed by atoms with Crippen LogP contribution in [0.5, 0.6) is 0 Å². The lowest BCUT2D eigenvalue weighted by Crippen LogP contribution is -2.65. The summed E-state index contributed by atoms with van der Waals surface area (Å²) in [7, 11) is 0. The number of aromatic amines is 1. The lowest BCUT2D eigenvalue weighted by atomic mass is 9.95. The summed E-state index contributed by atoms with van der Waals surface area (Å²) in [5.41, 5.74) is -0.978. The van der Waals surface area contributed by atoms with Gasteiger partial charge in [0.15, 0.2) is 0 Å². The van der Waals surface area contributed by atoms with E-state index in [1.807, 2.05) is 6.07 Å². The van der Waals surface area contributed by atoms with Gasteiger partial charge in [-0.3, -0.25) is 14.7 Å². The van der Waals surface area contributed by atoms with E-state index in [9.17, 15) is 14.0 Å². The number of aromatic nitrogens is 2. The van der Waals surface area contributed by atoms with E-state index in [0.29, 0.717) is 11.2 Å². The van der Waals surface area contributed by atoms with E-state index >= 15 is 0 Å². The smallest absolute Gasteiger partial charge is 0.265 e. The summed E-state index contributed by atoms with van der Waals surface area (Å²) in [5, 5.41) is 9.99. The van der Waals surface area contributed by atoms with E-state index in [4.69, 9.17) is 0 Å². The van der Waals surface area contributed by atoms with E-state index < -0.39 is 11.6 Å². The van der Waals surface area contributed by atoms with E-state index in [1.165, 1.54) is 4.90 Å². The third kappa shape index (κ3) is 2.16. The van der Waals surface area contributed by atoms with Crippen LogP contribution in [0, 0.1) is 0 Å². The van der Waals surface area contributed by atoms with Crippen molar-refractivity contribution in [3.8, 4) is 0 Å². The van der Waals surface area contributed by atoms with Crippen molar-refractivity contribution in [2.45, 2.75) is 5.67 Å². The van der Waals surface area contributed by atoms with Gasteiger partial charge in [-0.05, 0) is 12.1 Å². The van der Waals surface area contributed by atoms with Crippen LogP contribution in [0.25, 0.3) is 10.9 Å². The molecule has 0 unspecified atom stereocenters. The van der Waals surface area contributed by atoms with Crippen LogP contribution in [0.15, 0.2) is 37.1 Å². The molecule has 0 bridgehead atoms. The molecule has 7 heteroatoms. The average Bonchev–Trinajstić information content (AvgIpc) is 2.92. The van der Waals surface area contributed by atoms with Gasteiger partial charge in [0, 0.05) is 5.39 Å². The van der Waals surface area contributed by atoms with Gasteiger partial charge in [-0.2, -0.15) is 5.10 Å². The number of amides is 2. The number of rotatable bonds is 3. The topological polar surface area (TPSA) is 78.1 Å². The zero-order valence-electron chi connectivity index (χ0n) is 11.1. The number of para-hydroxylation sites is 1. The minimum atomic E-state index is -2.07. The van der Waals surface area contributed by atoms with Crippen LogP contribution in [-0.4, -0.2) is 45.7 Å². The van der Waals surface area contributed by atoms with Crippen molar-refractivity contribution in [2.24, 2.45) is 0 Å². The number of benzene rings is 1. The Morgan fingerprint density at radius 2 is 2.24 bits per heavy atom.